The Bertz CT molecular complexity index is 1150. The standard InChI is InChI=1S/C27H31N3O4/c1-16-6-8-17(9-7-16)15-29(25(34)22-26(2,3)27(22,4)5)20-14-21(31)30(24(20)33)19-12-10-18(11-13-19)23(28)32/h6-13,20,22H,14-15H2,1-5H3,(H2,28,32). The lowest BCUT2D eigenvalue weighted by atomic mass is 10.0. The molecule has 178 valence electrons. The Kier molecular flexibility index (Phi) is 5.62. The number of nitrogens with zero attached hydrogens (tertiary/aromatic N) is 2. The number of imide groups is 1. The maximum Gasteiger partial charge on any atom is 0.257 e. The fourth-order valence-corrected chi connectivity index (χ4v) is 5.12. The predicted molar refractivity (Wildman–Crippen MR) is 129 cm³/mol. The van der Waals surface area contributed by atoms with Crippen LogP contribution in [0.3, 0.4) is 0 Å². The summed E-state index contributed by atoms with van der Waals surface area (Å²) in [5.74, 6) is -1.75. The maximum absolute atomic E-state index is 13.8. The molecule has 2 aromatic rings. The molecule has 0 aromatic heterocycles. The number of carbonyl (C=O) groups excluding carboxylic acids is 4. The molecule has 2 N–H and O–H groups in total. The monoisotopic (exact) mass is 461 g/mol. The first-order valence-electron chi connectivity index (χ1n) is 11.5. The molecule has 2 aromatic carbocycles. The summed E-state index contributed by atoms with van der Waals surface area (Å²) in [6.45, 7) is 10.5. The summed E-state index contributed by atoms with van der Waals surface area (Å²) >= 11 is 0. The van der Waals surface area contributed by atoms with Crippen LogP contribution in [0.4, 0.5) is 5.69 Å². The van der Waals surface area contributed by atoms with Gasteiger partial charge in [0.1, 0.15) is 6.04 Å². The van der Waals surface area contributed by atoms with Crippen molar-refractivity contribution < 1.29 is 19.2 Å². The van der Waals surface area contributed by atoms with Crippen molar-refractivity contribution in [2.45, 2.75) is 53.6 Å². The van der Waals surface area contributed by atoms with Gasteiger partial charge in [0.2, 0.25) is 17.7 Å². The Balaban J connectivity index is 1.66. The van der Waals surface area contributed by atoms with E-state index in [1.54, 1.807) is 4.90 Å². The van der Waals surface area contributed by atoms with Gasteiger partial charge in [-0.2, -0.15) is 0 Å². The zero-order valence-corrected chi connectivity index (χ0v) is 20.3. The highest BCUT2D eigenvalue weighted by molar-refractivity contribution is 6.23. The molecule has 0 spiro atoms. The second-order valence-electron chi connectivity index (χ2n) is 10.5. The van der Waals surface area contributed by atoms with Crippen molar-refractivity contribution >= 4 is 29.3 Å². The Hall–Kier alpha value is -3.48. The molecule has 1 atom stereocenters. The van der Waals surface area contributed by atoms with Crippen molar-refractivity contribution in [2.24, 2.45) is 22.5 Å². The lowest BCUT2D eigenvalue weighted by Crippen LogP contribution is -2.46. The Morgan fingerprint density at radius 1 is 0.971 bits per heavy atom. The Labute approximate surface area is 199 Å². The smallest absolute Gasteiger partial charge is 0.257 e. The molecule has 1 unspecified atom stereocenters. The molecule has 1 heterocycles. The zero-order valence-electron chi connectivity index (χ0n) is 20.3. The number of nitrogens with two attached hydrogens (primary N) is 1. The number of aryl methyl sites for hydroxylation is 1. The molecule has 1 aliphatic heterocycles. The molecule has 1 saturated carbocycles. The fourth-order valence-electron chi connectivity index (χ4n) is 5.12. The number of primary amides is 1. The van der Waals surface area contributed by atoms with E-state index in [9.17, 15) is 19.2 Å². The first kappa shape index (κ1) is 23.7. The predicted octanol–water partition coefficient (Wildman–Crippen LogP) is 3.44. The van der Waals surface area contributed by atoms with Gasteiger partial charge in [-0.05, 0) is 47.6 Å². The number of hydrogen-bond acceptors (Lipinski definition) is 4. The van der Waals surface area contributed by atoms with Crippen LogP contribution in [0.15, 0.2) is 48.5 Å². The van der Waals surface area contributed by atoms with Gasteiger partial charge in [0.05, 0.1) is 12.1 Å². The van der Waals surface area contributed by atoms with Crippen molar-refractivity contribution in [2.75, 3.05) is 4.90 Å². The number of hydrogen-bond donors (Lipinski definition) is 1. The number of rotatable bonds is 6. The first-order chi connectivity index (χ1) is 15.9. The van der Waals surface area contributed by atoms with Gasteiger partial charge in [-0.25, -0.2) is 4.90 Å². The van der Waals surface area contributed by atoms with Crippen LogP contribution in [0.2, 0.25) is 0 Å². The Morgan fingerprint density at radius 3 is 2.03 bits per heavy atom. The van der Waals surface area contributed by atoms with Crippen LogP contribution in [0, 0.1) is 23.7 Å². The number of amides is 4. The minimum Gasteiger partial charge on any atom is -0.366 e. The van der Waals surface area contributed by atoms with Gasteiger partial charge in [-0.1, -0.05) is 57.5 Å². The van der Waals surface area contributed by atoms with Gasteiger partial charge < -0.3 is 10.6 Å². The average molecular weight is 462 g/mol. The average Bonchev–Trinajstić information content (AvgIpc) is 3.01. The second-order valence-corrected chi connectivity index (χ2v) is 10.5. The first-order valence-corrected chi connectivity index (χ1v) is 11.5. The van der Waals surface area contributed by atoms with E-state index in [-0.39, 0.29) is 47.1 Å². The summed E-state index contributed by atoms with van der Waals surface area (Å²) in [5.41, 5.74) is 7.54. The zero-order chi connectivity index (χ0) is 25.0. The lowest BCUT2D eigenvalue weighted by molar-refractivity contribution is -0.141. The number of anilines is 1. The topological polar surface area (TPSA) is 101 Å². The Morgan fingerprint density at radius 2 is 1.53 bits per heavy atom. The molecule has 1 saturated heterocycles. The van der Waals surface area contributed by atoms with Crippen LogP contribution in [0.25, 0.3) is 0 Å². The molecule has 0 bridgehead atoms. The van der Waals surface area contributed by atoms with E-state index in [0.29, 0.717) is 5.69 Å². The SMILES string of the molecule is Cc1ccc(CN(C(=O)C2C(C)(C)C2(C)C)C2CC(=O)N(c3ccc(C(N)=O)cc3)C2=O)cc1. The van der Waals surface area contributed by atoms with E-state index in [0.717, 1.165) is 16.0 Å². The van der Waals surface area contributed by atoms with Gasteiger partial charge in [-0.3, -0.25) is 19.2 Å². The van der Waals surface area contributed by atoms with E-state index in [2.05, 4.69) is 27.7 Å². The van der Waals surface area contributed by atoms with E-state index in [1.165, 1.54) is 24.3 Å². The van der Waals surface area contributed by atoms with Crippen LogP contribution in [-0.4, -0.2) is 34.6 Å². The maximum atomic E-state index is 13.8. The van der Waals surface area contributed by atoms with Gasteiger partial charge in [-0.15, -0.1) is 0 Å². The highest BCUT2D eigenvalue weighted by Crippen LogP contribution is 2.69. The van der Waals surface area contributed by atoms with Crippen molar-refractivity contribution in [1.29, 1.82) is 0 Å². The highest BCUT2D eigenvalue weighted by atomic mass is 16.2. The van der Waals surface area contributed by atoms with Gasteiger partial charge in [0, 0.05) is 18.0 Å². The minimum atomic E-state index is -0.885. The van der Waals surface area contributed by atoms with E-state index in [4.69, 9.17) is 5.73 Å². The summed E-state index contributed by atoms with van der Waals surface area (Å²) in [6, 6.07) is 13.0. The van der Waals surface area contributed by atoms with Crippen molar-refractivity contribution in [1.82, 2.24) is 4.90 Å². The van der Waals surface area contributed by atoms with Crippen molar-refractivity contribution in [3.8, 4) is 0 Å². The molecule has 4 amide bonds. The second kappa shape index (κ2) is 8.08. The largest absolute Gasteiger partial charge is 0.366 e. The molecule has 4 rings (SSSR count). The van der Waals surface area contributed by atoms with Crippen LogP contribution >= 0.6 is 0 Å². The molecule has 1 aliphatic carbocycles. The summed E-state index contributed by atoms with van der Waals surface area (Å²) in [7, 11) is 0. The molecule has 0 radical (unpaired) electrons. The molecule has 2 aliphatic rings. The van der Waals surface area contributed by atoms with Gasteiger partial charge in [0.25, 0.3) is 5.91 Å². The van der Waals surface area contributed by atoms with Gasteiger partial charge in [0.15, 0.2) is 0 Å². The summed E-state index contributed by atoms with van der Waals surface area (Å²) < 4.78 is 0. The normalized spacial score (nSPS) is 21.0. The summed E-state index contributed by atoms with van der Waals surface area (Å²) in [6.07, 6.45) is -0.0818. The summed E-state index contributed by atoms with van der Waals surface area (Å²) in [5, 5.41) is 0. The minimum absolute atomic E-state index is 0.0818. The van der Waals surface area contributed by atoms with Crippen LogP contribution in [-0.2, 0) is 20.9 Å². The number of carbonyl (C=O) groups is 4. The van der Waals surface area contributed by atoms with E-state index >= 15 is 0 Å². The quantitative estimate of drug-likeness (QED) is 0.666. The number of benzene rings is 2. The molecule has 34 heavy (non-hydrogen) atoms. The third kappa shape index (κ3) is 3.79. The molecular formula is C27H31N3O4. The van der Waals surface area contributed by atoms with Crippen molar-refractivity contribution in [3.05, 3.63) is 65.2 Å². The van der Waals surface area contributed by atoms with Crippen LogP contribution in [0.1, 0.15) is 55.6 Å². The molecule has 7 nitrogen and oxygen atoms in total. The third-order valence-corrected chi connectivity index (χ3v) is 7.93. The van der Waals surface area contributed by atoms with Crippen LogP contribution < -0.4 is 10.6 Å². The molecule has 7 heteroatoms. The summed E-state index contributed by atoms with van der Waals surface area (Å²) in [4.78, 5) is 54.3. The fraction of sp³-hybridized carbons (Fsp3) is 0.407. The van der Waals surface area contributed by atoms with Crippen molar-refractivity contribution in [3.63, 3.8) is 0 Å². The highest BCUT2D eigenvalue weighted by Gasteiger charge is 2.69. The van der Waals surface area contributed by atoms with Crippen LogP contribution in [0.5, 0.6) is 0 Å². The van der Waals surface area contributed by atoms with E-state index < -0.39 is 17.9 Å². The third-order valence-electron chi connectivity index (χ3n) is 7.93. The molecule has 2 fully saturated rings. The lowest BCUT2D eigenvalue weighted by Gasteiger charge is -2.29. The molecular weight excluding hydrogens is 430 g/mol. The van der Waals surface area contributed by atoms with E-state index in [1.807, 2.05) is 31.2 Å². The van der Waals surface area contributed by atoms with Gasteiger partial charge >= 0.3 is 0 Å².